The number of benzene rings is 3. The van der Waals surface area contributed by atoms with E-state index in [9.17, 15) is 43.9 Å². The second-order valence-electron chi connectivity index (χ2n) is 7.77. The Kier molecular flexibility index (Phi) is 7.47. The first-order valence-corrected chi connectivity index (χ1v) is 12.4. The summed E-state index contributed by atoms with van der Waals surface area (Å²) >= 11 is 10.5. The third kappa shape index (κ3) is 4.98. The topological polar surface area (TPSA) is 33.0 Å². The molecule has 3 aromatic carbocycles. The van der Waals surface area contributed by atoms with Crippen LogP contribution in [0.25, 0.3) is 0 Å². The van der Waals surface area contributed by atoms with Gasteiger partial charge in [0.25, 0.3) is 0 Å². The number of nitrogens with zero attached hydrogens (tertiary/aromatic N) is 1. The number of halogens is 12. The van der Waals surface area contributed by atoms with Gasteiger partial charge in [0, 0.05) is 27.0 Å². The molecule has 0 fully saturated rings. The number of rotatable bonds is 2. The van der Waals surface area contributed by atoms with Gasteiger partial charge in [-0.05, 0) is 59.9 Å². The van der Waals surface area contributed by atoms with Crippen LogP contribution >= 0.6 is 46.7 Å². The summed E-state index contributed by atoms with van der Waals surface area (Å²) in [6, 6.07) is 7.89. The first kappa shape index (κ1) is 29.5. The smallest absolute Gasteiger partial charge is 0.364 e. The number of hydrogen-bond acceptors (Lipinski definition) is 4. The summed E-state index contributed by atoms with van der Waals surface area (Å²) in [6.45, 7) is 0. The number of ether oxygens (including phenoxy) is 1. The van der Waals surface area contributed by atoms with Crippen LogP contribution in [0.2, 0.25) is 10.0 Å². The second-order valence-corrected chi connectivity index (χ2v) is 10.8. The first-order valence-electron chi connectivity index (χ1n) is 10.0. The van der Waals surface area contributed by atoms with E-state index in [-0.39, 0.29) is 28.8 Å². The number of fused-ring (bicyclic) bond motifs is 2. The highest BCUT2D eigenvalue weighted by molar-refractivity contribution is 8.01. The van der Waals surface area contributed by atoms with Gasteiger partial charge in [0.05, 0.1) is 21.7 Å². The molecule has 0 aromatic heterocycles. The zero-order valence-electron chi connectivity index (χ0n) is 18.2. The van der Waals surface area contributed by atoms with E-state index in [0.717, 1.165) is 24.3 Å². The summed E-state index contributed by atoms with van der Waals surface area (Å²) in [5.41, 5.74) is -1.86. The Bertz CT molecular complexity index is 1530. The lowest BCUT2D eigenvalue weighted by atomic mass is 10.1. The highest BCUT2D eigenvalue weighted by Gasteiger charge is 2.65. The van der Waals surface area contributed by atoms with Gasteiger partial charge in [-0.2, -0.15) is 40.4 Å². The lowest BCUT2D eigenvalue weighted by Gasteiger charge is -2.17. The minimum atomic E-state index is -4.36. The molecule has 0 N–H and O–H groups in total. The van der Waals surface area contributed by atoms with E-state index in [1.165, 1.54) is 6.07 Å². The van der Waals surface area contributed by atoms with Gasteiger partial charge >= 0.3 is 22.4 Å². The van der Waals surface area contributed by atoms with E-state index in [0.29, 0.717) is 12.1 Å². The summed E-state index contributed by atoms with van der Waals surface area (Å²) in [7, 11) is 0. The molecule has 0 saturated carbocycles. The van der Waals surface area contributed by atoms with Gasteiger partial charge in [-0.25, -0.2) is 8.78 Å². The van der Waals surface area contributed by atoms with Crippen molar-refractivity contribution in [2.24, 2.45) is 0 Å². The second kappa shape index (κ2) is 9.87. The van der Waals surface area contributed by atoms with Crippen LogP contribution in [0.15, 0.2) is 52.3 Å². The van der Waals surface area contributed by atoms with E-state index in [2.05, 4.69) is 0 Å². The molecule has 0 aliphatic carbocycles. The summed E-state index contributed by atoms with van der Waals surface area (Å²) in [4.78, 5) is -1.09. The molecule has 2 heterocycles. The molecule has 0 unspecified atom stereocenters. The van der Waals surface area contributed by atoms with Crippen molar-refractivity contribution in [3.63, 3.8) is 0 Å². The Labute approximate surface area is 230 Å². The Morgan fingerprint density at radius 3 is 1.77 bits per heavy atom. The Balaban J connectivity index is 0.000000202. The van der Waals surface area contributed by atoms with Gasteiger partial charge < -0.3 is 4.74 Å². The molecule has 0 amide bonds. The third-order valence-electron chi connectivity index (χ3n) is 5.21. The van der Waals surface area contributed by atoms with Crippen LogP contribution in [0.1, 0.15) is 16.7 Å². The molecule has 2 aliphatic heterocycles. The van der Waals surface area contributed by atoms with Crippen molar-refractivity contribution in [1.29, 1.82) is 5.26 Å². The maximum Gasteiger partial charge on any atom is 0.364 e. The number of nitriles is 1. The molecular weight excluding hydrogens is 631 g/mol. The van der Waals surface area contributed by atoms with Gasteiger partial charge in [-0.1, -0.05) is 23.2 Å². The number of alkyl halides is 8. The summed E-state index contributed by atoms with van der Waals surface area (Å²) in [6.07, 6.45) is 0. The average molecular weight is 638 g/mol. The Morgan fingerprint density at radius 2 is 1.23 bits per heavy atom. The van der Waals surface area contributed by atoms with Crippen molar-refractivity contribution in [2.45, 2.75) is 32.1 Å². The number of hydrogen-bond donors (Lipinski definition) is 0. The quantitative estimate of drug-likeness (QED) is 0.262. The largest absolute Gasteiger partial charge is 0.456 e. The standard InChI is InChI=1S/C15H5ClF5NOS.C8H2ClF5S/c16-12-11(23-9-4-7(6-22)3-8(17)5-9)2-1-10-13(12)24-15(20,21)14(10,18)19;9-5-4(10)2-1-3-6(5)15-8(13,14)7(3,11)12/h1-5H;1-2H. The highest BCUT2D eigenvalue weighted by Crippen LogP contribution is 2.64. The highest BCUT2D eigenvalue weighted by atomic mass is 35.5. The molecule has 0 saturated heterocycles. The normalized spacial score (nSPS) is 18.8. The fourth-order valence-corrected chi connectivity index (χ4v) is 5.93. The van der Waals surface area contributed by atoms with Gasteiger partial charge in [0.15, 0.2) is 0 Å². The number of thioether (sulfide) groups is 2. The molecule has 0 spiro atoms. The zero-order chi connectivity index (χ0) is 29.1. The van der Waals surface area contributed by atoms with E-state index in [1.807, 2.05) is 0 Å². The van der Waals surface area contributed by atoms with Gasteiger partial charge in [-0.3, -0.25) is 0 Å². The van der Waals surface area contributed by atoms with Gasteiger partial charge in [0.2, 0.25) is 0 Å². The first-order chi connectivity index (χ1) is 17.9. The molecule has 0 atom stereocenters. The lowest BCUT2D eigenvalue weighted by molar-refractivity contribution is -0.154. The lowest BCUT2D eigenvalue weighted by Crippen LogP contribution is -2.29. The molecule has 5 rings (SSSR count). The molecule has 2 aliphatic rings. The Hall–Kier alpha value is -2.47. The molecular formula is C23H7Cl2F10NOS2. The van der Waals surface area contributed by atoms with Crippen LogP contribution in [0.3, 0.4) is 0 Å². The average Bonchev–Trinajstić information content (AvgIpc) is 3.14. The predicted molar refractivity (Wildman–Crippen MR) is 123 cm³/mol. The van der Waals surface area contributed by atoms with E-state index < -0.39 is 76.7 Å². The van der Waals surface area contributed by atoms with Crippen LogP contribution in [0, 0.1) is 23.0 Å². The molecule has 39 heavy (non-hydrogen) atoms. The third-order valence-corrected chi connectivity index (χ3v) is 8.46. The van der Waals surface area contributed by atoms with Crippen molar-refractivity contribution in [3.05, 3.63) is 80.8 Å². The SMILES string of the molecule is Fc1ccc2c(c1Cl)SC(F)(F)C2(F)F.N#Cc1cc(F)cc(Oc2ccc3c(c2Cl)SC(F)(F)C3(F)F)c1. The zero-order valence-corrected chi connectivity index (χ0v) is 21.4. The van der Waals surface area contributed by atoms with Crippen molar-refractivity contribution >= 4 is 46.7 Å². The van der Waals surface area contributed by atoms with E-state index in [4.69, 9.17) is 33.2 Å². The van der Waals surface area contributed by atoms with Crippen molar-refractivity contribution in [3.8, 4) is 17.6 Å². The summed E-state index contributed by atoms with van der Waals surface area (Å²) in [5, 5.41) is -0.952. The molecule has 206 valence electrons. The minimum Gasteiger partial charge on any atom is -0.456 e. The molecule has 16 heteroatoms. The van der Waals surface area contributed by atoms with Crippen LogP contribution < -0.4 is 4.74 Å². The monoisotopic (exact) mass is 637 g/mol. The van der Waals surface area contributed by atoms with E-state index >= 15 is 0 Å². The Morgan fingerprint density at radius 1 is 0.718 bits per heavy atom. The van der Waals surface area contributed by atoms with Crippen LogP contribution in [0.5, 0.6) is 11.5 Å². The fraction of sp³-hybridized carbons (Fsp3) is 0.174. The van der Waals surface area contributed by atoms with Gasteiger partial charge in [-0.15, -0.1) is 0 Å². The summed E-state index contributed by atoms with van der Waals surface area (Å²) < 4.78 is 138. The van der Waals surface area contributed by atoms with E-state index in [1.54, 1.807) is 6.07 Å². The van der Waals surface area contributed by atoms with Crippen molar-refractivity contribution < 1.29 is 48.6 Å². The molecule has 0 radical (unpaired) electrons. The molecule has 2 nitrogen and oxygen atoms in total. The molecule has 0 bridgehead atoms. The van der Waals surface area contributed by atoms with Gasteiger partial charge in [0.1, 0.15) is 23.1 Å². The molecule has 3 aromatic rings. The van der Waals surface area contributed by atoms with Crippen molar-refractivity contribution in [1.82, 2.24) is 0 Å². The van der Waals surface area contributed by atoms with Crippen LogP contribution in [0.4, 0.5) is 43.9 Å². The van der Waals surface area contributed by atoms with Crippen LogP contribution in [-0.4, -0.2) is 10.5 Å². The maximum atomic E-state index is 13.6. The maximum absolute atomic E-state index is 13.6. The minimum absolute atomic E-state index is 0.0327. The summed E-state index contributed by atoms with van der Waals surface area (Å²) in [5.74, 6) is -10.7. The van der Waals surface area contributed by atoms with Crippen molar-refractivity contribution in [2.75, 3.05) is 0 Å². The van der Waals surface area contributed by atoms with Crippen LogP contribution in [-0.2, 0) is 11.8 Å². The predicted octanol–water partition coefficient (Wildman–Crippen LogP) is 10.2. The fourth-order valence-electron chi connectivity index (χ4n) is 3.35.